The van der Waals surface area contributed by atoms with Gasteiger partial charge in [-0.15, -0.1) is 0 Å². The van der Waals surface area contributed by atoms with Crippen molar-refractivity contribution in [2.75, 3.05) is 0 Å². The molecular formula is C24H18BrN3OS2. The number of carbonyl (C=O) groups is 1. The van der Waals surface area contributed by atoms with Crippen molar-refractivity contribution in [3.63, 3.8) is 0 Å². The number of hydrogen-bond acceptors (Lipinski definition) is 5. The molecule has 4 aromatic rings. The summed E-state index contributed by atoms with van der Waals surface area (Å²) in [5.74, 6) is 0.569. The summed E-state index contributed by atoms with van der Waals surface area (Å²) in [5.41, 5.74) is 2.83. The van der Waals surface area contributed by atoms with E-state index in [1.807, 2.05) is 89.5 Å². The van der Waals surface area contributed by atoms with Crippen molar-refractivity contribution >= 4 is 46.2 Å². The van der Waals surface area contributed by atoms with Crippen molar-refractivity contribution in [3.8, 4) is 17.1 Å². The molecule has 31 heavy (non-hydrogen) atoms. The minimum atomic E-state index is -0.0895. The zero-order chi connectivity index (χ0) is 21.6. The summed E-state index contributed by atoms with van der Waals surface area (Å²) in [6, 6.07) is 27.6. The lowest BCUT2D eigenvalue weighted by molar-refractivity contribution is -0.107. The van der Waals surface area contributed by atoms with Crippen LogP contribution in [0, 0.1) is 4.77 Å². The molecule has 0 aliphatic heterocycles. The zero-order valence-corrected chi connectivity index (χ0v) is 19.6. The van der Waals surface area contributed by atoms with Crippen molar-refractivity contribution in [1.29, 1.82) is 0 Å². The lowest BCUT2D eigenvalue weighted by Gasteiger charge is -2.18. The summed E-state index contributed by atoms with van der Waals surface area (Å²) in [6.07, 6.45) is 1.31. The van der Waals surface area contributed by atoms with Crippen molar-refractivity contribution < 1.29 is 4.79 Å². The van der Waals surface area contributed by atoms with Gasteiger partial charge in [-0.3, -0.25) is 4.57 Å². The Bertz CT molecular complexity index is 1230. The number of hydrogen-bond donors (Lipinski definition) is 0. The maximum absolute atomic E-state index is 11.4. The highest BCUT2D eigenvalue weighted by atomic mass is 79.9. The van der Waals surface area contributed by atoms with Gasteiger partial charge in [0.1, 0.15) is 6.29 Å². The number of halogens is 1. The Balaban J connectivity index is 1.86. The first-order chi connectivity index (χ1) is 15.2. The van der Waals surface area contributed by atoms with Crippen LogP contribution in [0.2, 0.25) is 0 Å². The smallest absolute Gasteiger partial charge is 0.208 e. The Morgan fingerprint density at radius 2 is 1.58 bits per heavy atom. The maximum Gasteiger partial charge on any atom is 0.208 e. The summed E-state index contributed by atoms with van der Waals surface area (Å²) < 4.78 is 3.25. The Morgan fingerprint density at radius 1 is 0.935 bits per heavy atom. The number of aromatic nitrogens is 3. The van der Waals surface area contributed by atoms with E-state index in [0.717, 1.165) is 27.6 Å². The second-order valence-corrected chi connectivity index (χ2v) is 9.16. The van der Waals surface area contributed by atoms with E-state index in [1.54, 1.807) is 0 Å². The summed E-state index contributed by atoms with van der Waals surface area (Å²) >= 11 is 10.7. The van der Waals surface area contributed by atoms with Crippen LogP contribution in [0.3, 0.4) is 0 Å². The molecule has 1 aromatic heterocycles. The highest BCUT2D eigenvalue weighted by Crippen LogP contribution is 2.38. The molecule has 0 N–H and O–H groups in total. The molecule has 1 atom stereocenters. The van der Waals surface area contributed by atoms with Crippen LogP contribution in [0.4, 0.5) is 0 Å². The molecule has 3 aromatic carbocycles. The molecule has 154 valence electrons. The molecular weight excluding hydrogens is 490 g/mol. The van der Waals surface area contributed by atoms with E-state index < -0.39 is 0 Å². The summed E-state index contributed by atoms with van der Waals surface area (Å²) in [6.45, 7) is 0. The molecule has 0 aliphatic rings. The molecule has 7 heteroatoms. The van der Waals surface area contributed by atoms with Gasteiger partial charge in [-0.2, -0.15) is 4.98 Å². The minimum Gasteiger partial charge on any atom is -0.303 e. The van der Waals surface area contributed by atoms with Gasteiger partial charge >= 0.3 is 0 Å². The first-order valence-corrected chi connectivity index (χ1v) is 11.7. The molecule has 0 saturated heterocycles. The Labute approximate surface area is 198 Å². The number of thioether (sulfide) groups is 1. The quantitative estimate of drug-likeness (QED) is 0.155. The van der Waals surface area contributed by atoms with E-state index in [4.69, 9.17) is 17.2 Å². The number of nitrogens with zero attached hydrogens (tertiary/aromatic N) is 3. The van der Waals surface area contributed by atoms with Crippen molar-refractivity contribution in [1.82, 2.24) is 14.5 Å². The first kappa shape index (κ1) is 21.6. The lowest BCUT2D eigenvalue weighted by atomic mass is 10.1. The predicted molar refractivity (Wildman–Crippen MR) is 131 cm³/mol. The maximum atomic E-state index is 11.4. The molecule has 1 unspecified atom stereocenters. The Kier molecular flexibility index (Phi) is 7.06. The normalized spacial score (nSPS) is 11.8. The molecule has 0 saturated carbocycles. The Morgan fingerprint density at radius 3 is 2.23 bits per heavy atom. The van der Waals surface area contributed by atoms with Gasteiger partial charge in [0.05, 0.1) is 5.69 Å². The lowest BCUT2D eigenvalue weighted by Crippen LogP contribution is -2.09. The third kappa shape index (κ3) is 5.18. The largest absolute Gasteiger partial charge is 0.303 e. The molecule has 0 spiro atoms. The van der Waals surface area contributed by atoms with Gasteiger partial charge in [-0.05, 0) is 42.0 Å². The van der Waals surface area contributed by atoms with Gasteiger partial charge in [0, 0.05) is 21.7 Å². The number of aldehydes is 1. The SMILES string of the molecule is O=CCC(Sc1nc(-c2ccccc2)nc(=S)n1-c1ccc(Br)cc1)c1ccccc1. The van der Waals surface area contributed by atoms with Crippen LogP contribution in [0.25, 0.3) is 17.1 Å². The van der Waals surface area contributed by atoms with Crippen LogP contribution < -0.4 is 0 Å². The predicted octanol–water partition coefficient (Wildman–Crippen LogP) is 6.85. The van der Waals surface area contributed by atoms with Crippen LogP contribution in [-0.4, -0.2) is 20.8 Å². The van der Waals surface area contributed by atoms with Gasteiger partial charge in [-0.25, -0.2) is 4.98 Å². The summed E-state index contributed by atoms with van der Waals surface area (Å²) in [7, 11) is 0. The molecule has 1 heterocycles. The second kappa shape index (κ2) is 10.1. The van der Waals surface area contributed by atoms with Crippen LogP contribution in [-0.2, 0) is 4.79 Å². The molecule has 0 radical (unpaired) electrons. The fraction of sp³-hybridized carbons (Fsp3) is 0.0833. The molecule has 0 bridgehead atoms. The monoisotopic (exact) mass is 507 g/mol. The fourth-order valence-electron chi connectivity index (χ4n) is 3.13. The summed E-state index contributed by atoms with van der Waals surface area (Å²) in [4.78, 5) is 20.9. The van der Waals surface area contributed by atoms with Gasteiger partial charge in [0.15, 0.2) is 11.0 Å². The molecule has 4 rings (SSSR count). The number of rotatable bonds is 7. The highest BCUT2D eigenvalue weighted by molar-refractivity contribution is 9.10. The first-order valence-electron chi connectivity index (χ1n) is 9.63. The topological polar surface area (TPSA) is 47.8 Å². The average molecular weight is 508 g/mol. The highest BCUT2D eigenvalue weighted by Gasteiger charge is 2.19. The summed E-state index contributed by atoms with van der Waals surface area (Å²) in [5, 5.41) is 0.602. The minimum absolute atomic E-state index is 0.0895. The van der Waals surface area contributed by atoms with Gasteiger partial charge in [-0.1, -0.05) is 88.4 Å². The number of benzene rings is 3. The molecule has 0 aliphatic carbocycles. The van der Waals surface area contributed by atoms with Crippen LogP contribution in [0.15, 0.2) is 94.6 Å². The average Bonchev–Trinajstić information content (AvgIpc) is 2.80. The molecule has 4 nitrogen and oxygen atoms in total. The van der Waals surface area contributed by atoms with E-state index in [0.29, 0.717) is 22.2 Å². The van der Waals surface area contributed by atoms with E-state index in [9.17, 15) is 4.79 Å². The van der Waals surface area contributed by atoms with Crippen LogP contribution >= 0.6 is 39.9 Å². The van der Waals surface area contributed by atoms with E-state index >= 15 is 0 Å². The van der Waals surface area contributed by atoms with Gasteiger partial charge in [0.2, 0.25) is 4.77 Å². The van der Waals surface area contributed by atoms with Crippen LogP contribution in [0.1, 0.15) is 17.2 Å². The van der Waals surface area contributed by atoms with Crippen molar-refractivity contribution in [2.45, 2.75) is 16.8 Å². The van der Waals surface area contributed by atoms with E-state index in [-0.39, 0.29) is 5.25 Å². The van der Waals surface area contributed by atoms with Crippen LogP contribution in [0.5, 0.6) is 0 Å². The van der Waals surface area contributed by atoms with Crippen molar-refractivity contribution in [2.24, 2.45) is 0 Å². The molecule has 0 amide bonds. The van der Waals surface area contributed by atoms with Gasteiger partial charge in [0.25, 0.3) is 0 Å². The Hall–Kier alpha value is -2.61. The van der Waals surface area contributed by atoms with Gasteiger partial charge < -0.3 is 4.79 Å². The van der Waals surface area contributed by atoms with Crippen molar-refractivity contribution in [3.05, 3.63) is 99.7 Å². The third-order valence-corrected chi connectivity index (χ3v) is 6.67. The number of carbonyl (C=O) groups excluding carboxylic acids is 1. The molecule has 0 fully saturated rings. The standard InChI is InChI=1S/C24H18BrN3OS2/c25-19-11-13-20(14-12-19)28-23(30)26-22(18-9-5-2-6-10-18)27-24(28)31-21(15-16-29)17-7-3-1-4-8-17/h1-14,16,21H,15H2. The zero-order valence-electron chi connectivity index (χ0n) is 16.4. The third-order valence-electron chi connectivity index (χ3n) is 4.63. The van der Waals surface area contributed by atoms with E-state index in [2.05, 4.69) is 20.9 Å². The van der Waals surface area contributed by atoms with E-state index in [1.165, 1.54) is 11.8 Å². The second-order valence-electron chi connectivity index (χ2n) is 6.71. The fourth-order valence-corrected chi connectivity index (χ4v) is 4.89.